The number of carboxylic acids is 1. The lowest BCUT2D eigenvalue weighted by Crippen LogP contribution is -2.27. The van der Waals surface area contributed by atoms with Gasteiger partial charge in [0.15, 0.2) is 0 Å². The zero-order chi connectivity index (χ0) is 14.1. The molecule has 0 aliphatic heterocycles. The van der Waals surface area contributed by atoms with Crippen LogP contribution in [0.1, 0.15) is 19.3 Å². The SMILES string of the molecule is O=C(O)CCCC(=O)NCCOc1cccc(F)c1. The van der Waals surface area contributed by atoms with Gasteiger partial charge in [-0.25, -0.2) is 4.39 Å². The number of carboxylic acid groups (broad SMARTS) is 1. The number of hydrogen-bond donors (Lipinski definition) is 2. The molecular weight excluding hydrogens is 253 g/mol. The van der Waals surface area contributed by atoms with Gasteiger partial charge in [-0.05, 0) is 18.6 Å². The Hall–Kier alpha value is -2.11. The Morgan fingerprint density at radius 2 is 2.11 bits per heavy atom. The monoisotopic (exact) mass is 269 g/mol. The van der Waals surface area contributed by atoms with E-state index in [-0.39, 0.29) is 31.2 Å². The molecular formula is C13H16FNO4. The highest BCUT2D eigenvalue weighted by molar-refractivity contribution is 5.76. The minimum Gasteiger partial charge on any atom is -0.492 e. The van der Waals surface area contributed by atoms with Crippen LogP contribution in [0.5, 0.6) is 5.75 Å². The fraction of sp³-hybridized carbons (Fsp3) is 0.385. The molecule has 0 aliphatic rings. The summed E-state index contributed by atoms with van der Waals surface area (Å²) in [4.78, 5) is 21.5. The molecule has 0 aliphatic carbocycles. The van der Waals surface area contributed by atoms with Crippen molar-refractivity contribution in [2.24, 2.45) is 0 Å². The number of carbonyl (C=O) groups is 2. The highest BCUT2D eigenvalue weighted by Crippen LogP contribution is 2.11. The minimum absolute atomic E-state index is 0.0206. The van der Waals surface area contributed by atoms with E-state index in [0.29, 0.717) is 18.7 Å². The van der Waals surface area contributed by atoms with Crippen molar-refractivity contribution in [1.82, 2.24) is 5.32 Å². The summed E-state index contributed by atoms with van der Waals surface area (Å²) in [7, 11) is 0. The van der Waals surface area contributed by atoms with E-state index in [1.165, 1.54) is 18.2 Å². The smallest absolute Gasteiger partial charge is 0.303 e. The first-order valence-electron chi connectivity index (χ1n) is 5.95. The van der Waals surface area contributed by atoms with E-state index >= 15 is 0 Å². The van der Waals surface area contributed by atoms with E-state index in [9.17, 15) is 14.0 Å². The molecule has 0 fully saturated rings. The summed E-state index contributed by atoms with van der Waals surface area (Å²) in [5.74, 6) is -1.11. The van der Waals surface area contributed by atoms with Crippen LogP contribution in [0.4, 0.5) is 4.39 Å². The second-order valence-corrected chi connectivity index (χ2v) is 3.90. The van der Waals surface area contributed by atoms with Crippen LogP contribution in [-0.2, 0) is 9.59 Å². The molecule has 2 N–H and O–H groups in total. The van der Waals surface area contributed by atoms with E-state index in [0.717, 1.165) is 0 Å². The Morgan fingerprint density at radius 1 is 1.32 bits per heavy atom. The van der Waals surface area contributed by atoms with Gasteiger partial charge in [0.05, 0.1) is 6.54 Å². The van der Waals surface area contributed by atoms with Crippen LogP contribution in [0.3, 0.4) is 0 Å². The van der Waals surface area contributed by atoms with Crippen molar-refractivity contribution in [2.75, 3.05) is 13.2 Å². The van der Waals surface area contributed by atoms with Gasteiger partial charge in [-0.1, -0.05) is 6.07 Å². The molecule has 0 aromatic heterocycles. The maximum absolute atomic E-state index is 12.8. The van der Waals surface area contributed by atoms with Crippen molar-refractivity contribution in [1.29, 1.82) is 0 Å². The third-order valence-corrected chi connectivity index (χ3v) is 2.28. The molecule has 1 aromatic carbocycles. The van der Waals surface area contributed by atoms with E-state index in [1.54, 1.807) is 6.07 Å². The average molecular weight is 269 g/mol. The van der Waals surface area contributed by atoms with Crippen LogP contribution in [0, 0.1) is 5.82 Å². The van der Waals surface area contributed by atoms with Crippen molar-refractivity contribution in [3.05, 3.63) is 30.1 Å². The number of hydrogen-bond acceptors (Lipinski definition) is 3. The first-order chi connectivity index (χ1) is 9.08. The number of rotatable bonds is 8. The zero-order valence-electron chi connectivity index (χ0n) is 10.4. The van der Waals surface area contributed by atoms with Gasteiger partial charge in [-0.2, -0.15) is 0 Å². The standard InChI is InChI=1S/C13H16FNO4/c14-10-3-1-4-11(9-10)19-8-7-15-12(16)5-2-6-13(17)18/h1,3-4,9H,2,5-8H2,(H,15,16)(H,17,18). The van der Waals surface area contributed by atoms with Crippen LogP contribution in [0.15, 0.2) is 24.3 Å². The number of benzene rings is 1. The first-order valence-corrected chi connectivity index (χ1v) is 5.95. The molecule has 104 valence electrons. The number of amides is 1. The Morgan fingerprint density at radius 3 is 2.79 bits per heavy atom. The van der Waals surface area contributed by atoms with Crippen molar-refractivity contribution in [3.8, 4) is 5.75 Å². The summed E-state index contributed by atoms with van der Waals surface area (Å²) in [5, 5.41) is 11.0. The molecule has 0 saturated carbocycles. The van der Waals surface area contributed by atoms with Gasteiger partial charge in [-0.15, -0.1) is 0 Å². The first kappa shape index (κ1) is 14.9. The van der Waals surface area contributed by atoms with E-state index < -0.39 is 5.97 Å². The molecule has 1 rings (SSSR count). The zero-order valence-corrected chi connectivity index (χ0v) is 10.4. The largest absolute Gasteiger partial charge is 0.492 e. The minimum atomic E-state index is -0.915. The Kier molecular flexibility index (Phi) is 6.35. The normalized spacial score (nSPS) is 9.95. The van der Waals surface area contributed by atoms with Gasteiger partial charge >= 0.3 is 5.97 Å². The van der Waals surface area contributed by atoms with Gasteiger partial charge in [0.25, 0.3) is 0 Å². The van der Waals surface area contributed by atoms with Gasteiger partial charge in [0.1, 0.15) is 18.2 Å². The molecule has 0 saturated heterocycles. The number of ether oxygens (including phenoxy) is 1. The Bertz CT molecular complexity index is 436. The predicted octanol–water partition coefficient (Wildman–Crippen LogP) is 1.58. The van der Waals surface area contributed by atoms with Crippen molar-refractivity contribution in [3.63, 3.8) is 0 Å². The van der Waals surface area contributed by atoms with Crippen LogP contribution >= 0.6 is 0 Å². The molecule has 19 heavy (non-hydrogen) atoms. The lowest BCUT2D eigenvalue weighted by molar-refractivity contribution is -0.137. The summed E-state index contributed by atoms with van der Waals surface area (Å²) in [6, 6.07) is 5.73. The lowest BCUT2D eigenvalue weighted by Gasteiger charge is -2.07. The third-order valence-electron chi connectivity index (χ3n) is 2.28. The molecule has 0 atom stereocenters. The van der Waals surface area contributed by atoms with E-state index in [1.807, 2.05) is 0 Å². The Balaban J connectivity index is 2.10. The van der Waals surface area contributed by atoms with Gasteiger partial charge in [0.2, 0.25) is 5.91 Å². The predicted molar refractivity (Wildman–Crippen MR) is 66.4 cm³/mol. The summed E-state index contributed by atoms with van der Waals surface area (Å²) in [6.07, 6.45) is 0.464. The van der Waals surface area contributed by atoms with Crippen LogP contribution in [0.25, 0.3) is 0 Å². The molecule has 1 aromatic rings. The molecule has 6 heteroatoms. The third kappa shape index (κ3) is 7.03. The number of nitrogens with one attached hydrogen (secondary N) is 1. The van der Waals surface area contributed by atoms with Crippen LogP contribution < -0.4 is 10.1 Å². The summed E-state index contributed by atoms with van der Waals surface area (Å²) < 4.78 is 18.0. The van der Waals surface area contributed by atoms with Gasteiger partial charge in [-0.3, -0.25) is 9.59 Å². The average Bonchev–Trinajstić information content (AvgIpc) is 2.34. The quantitative estimate of drug-likeness (QED) is 0.702. The van der Waals surface area contributed by atoms with Crippen molar-refractivity contribution >= 4 is 11.9 Å². The second-order valence-electron chi connectivity index (χ2n) is 3.90. The fourth-order valence-corrected chi connectivity index (χ4v) is 1.40. The van der Waals surface area contributed by atoms with Crippen molar-refractivity contribution in [2.45, 2.75) is 19.3 Å². The summed E-state index contributed by atoms with van der Waals surface area (Å²) in [5.41, 5.74) is 0. The summed E-state index contributed by atoms with van der Waals surface area (Å²) >= 11 is 0. The maximum Gasteiger partial charge on any atom is 0.303 e. The lowest BCUT2D eigenvalue weighted by atomic mass is 10.2. The molecule has 0 radical (unpaired) electrons. The topological polar surface area (TPSA) is 75.6 Å². The molecule has 0 unspecified atom stereocenters. The van der Waals surface area contributed by atoms with Crippen LogP contribution in [-0.4, -0.2) is 30.1 Å². The molecule has 5 nitrogen and oxygen atoms in total. The highest BCUT2D eigenvalue weighted by Gasteiger charge is 2.03. The van der Waals surface area contributed by atoms with Crippen molar-refractivity contribution < 1.29 is 23.8 Å². The second kappa shape index (κ2) is 8.07. The number of halogens is 1. The molecule has 0 bridgehead atoms. The van der Waals surface area contributed by atoms with E-state index in [2.05, 4.69) is 5.32 Å². The summed E-state index contributed by atoms with van der Waals surface area (Å²) in [6.45, 7) is 0.524. The number of carbonyl (C=O) groups excluding carboxylic acids is 1. The van der Waals surface area contributed by atoms with E-state index in [4.69, 9.17) is 9.84 Å². The fourth-order valence-electron chi connectivity index (χ4n) is 1.40. The maximum atomic E-state index is 12.8. The molecule has 0 spiro atoms. The Labute approximate surface area is 110 Å². The molecule has 0 heterocycles. The van der Waals surface area contributed by atoms with Crippen LogP contribution in [0.2, 0.25) is 0 Å². The molecule has 1 amide bonds. The highest BCUT2D eigenvalue weighted by atomic mass is 19.1. The van der Waals surface area contributed by atoms with Gasteiger partial charge < -0.3 is 15.2 Å². The van der Waals surface area contributed by atoms with Gasteiger partial charge in [0, 0.05) is 18.9 Å². The number of aliphatic carboxylic acids is 1.